The zero-order valence-electron chi connectivity index (χ0n) is 16.6. The van der Waals surface area contributed by atoms with Crippen molar-refractivity contribution in [3.05, 3.63) is 59.9 Å². The number of fused-ring (bicyclic) bond motifs is 1. The van der Waals surface area contributed by atoms with E-state index in [1.54, 1.807) is 12.3 Å². The third-order valence-electron chi connectivity index (χ3n) is 6.56. The van der Waals surface area contributed by atoms with E-state index in [4.69, 9.17) is 0 Å². The number of aromatic nitrogens is 1. The molecule has 150 valence electrons. The second-order valence-corrected chi connectivity index (χ2v) is 10.2. The number of nitrogens with one attached hydrogen (secondary N) is 1. The van der Waals surface area contributed by atoms with E-state index >= 15 is 0 Å². The van der Waals surface area contributed by atoms with Gasteiger partial charge in [-0.15, -0.1) is 0 Å². The fraction of sp³-hybridized carbons (Fsp3) is 0.391. The van der Waals surface area contributed by atoms with Crippen molar-refractivity contribution in [2.24, 2.45) is 23.7 Å². The lowest BCUT2D eigenvalue weighted by Crippen LogP contribution is -2.42. The van der Waals surface area contributed by atoms with Crippen LogP contribution in [0.15, 0.2) is 48.7 Å². The van der Waals surface area contributed by atoms with Gasteiger partial charge in [-0.3, -0.25) is 4.98 Å². The summed E-state index contributed by atoms with van der Waals surface area (Å²) < 4.78 is 27.8. The van der Waals surface area contributed by atoms with Gasteiger partial charge in [0.2, 0.25) is 10.0 Å². The van der Waals surface area contributed by atoms with Crippen molar-refractivity contribution in [1.82, 2.24) is 9.71 Å². The predicted molar refractivity (Wildman–Crippen MR) is 114 cm³/mol. The summed E-state index contributed by atoms with van der Waals surface area (Å²) in [6.45, 7) is 4.92. The molecule has 1 aromatic carbocycles. The van der Waals surface area contributed by atoms with Crippen molar-refractivity contribution >= 4 is 16.1 Å². The van der Waals surface area contributed by atoms with Crippen LogP contribution in [0.25, 0.3) is 17.2 Å². The number of sulfonamides is 1. The van der Waals surface area contributed by atoms with Crippen LogP contribution in [0.1, 0.15) is 31.5 Å². The molecule has 1 saturated heterocycles. The molecule has 0 bridgehead atoms. The highest BCUT2D eigenvalue weighted by Gasteiger charge is 2.50. The van der Waals surface area contributed by atoms with Gasteiger partial charge in [0.15, 0.2) is 0 Å². The summed E-state index contributed by atoms with van der Waals surface area (Å²) in [5.74, 6) is 0.936. The molecule has 2 fully saturated rings. The molecule has 5 nitrogen and oxygen atoms in total. The van der Waals surface area contributed by atoms with Gasteiger partial charge in [-0.2, -0.15) is 5.26 Å². The molecule has 6 heteroatoms. The molecule has 0 unspecified atom stereocenters. The maximum atomic E-state index is 12.5. The third-order valence-corrected chi connectivity index (χ3v) is 8.55. The van der Waals surface area contributed by atoms with Crippen molar-refractivity contribution < 1.29 is 8.42 Å². The summed E-state index contributed by atoms with van der Waals surface area (Å²) in [6, 6.07) is 13.5. The van der Waals surface area contributed by atoms with Crippen LogP contribution in [0.4, 0.5) is 0 Å². The van der Waals surface area contributed by atoms with E-state index in [9.17, 15) is 13.7 Å². The minimum absolute atomic E-state index is 0.0236. The summed E-state index contributed by atoms with van der Waals surface area (Å²) in [5.41, 5.74) is 3.15. The predicted octanol–water partition coefficient (Wildman–Crippen LogP) is 3.84. The summed E-state index contributed by atoms with van der Waals surface area (Å²) in [4.78, 5) is 4.52. The van der Waals surface area contributed by atoms with Crippen LogP contribution < -0.4 is 4.72 Å². The second-order valence-electron chi connectivity index (χ2n) is 8.26. The average Bonchev–Trinajstić information content (AvgIpc) is 3.03. The Morgan fingerprint density at radius 2 is 2.00 bits per heavy atom. The number of rotatable bonds is 3. The zero-order chi connectivity index (χ0) is 20.6. The van der Waals surface area contributed by atoms with Crippen LogP contribution in [0.5, 0.6) is 0 Å². The maximum Gasteiger partial charge on any atom is 0.215 e. The fourth-order valence-corrected chi connectivity index (χ4v) is 6.89. The SMILES string of the molecule is C[C@H]1[C@H](/C=C/c2ccc(-c3ccccc3C#N)cn2)[C@H]2[C@H](CNS2(=O)=O)C[C@@H]1C. The Morgan fingerprint density at radius 3 is 2.72 bits per heavy atom. The van der Waals surface area contributed by atoms with Crippen molar-refractivity contribution in [3.63, 3.8) is 0 Å². The molecule has 1 aliphatic carbocycles. The molecule has 1 saturated carbocycles. The zero-order valence-corrected chi connectivity index (χ0v) is 17.4. The highest BCUT2D eigenvalue weighted by atomic mass is 32.2. The van der Waals surface area contributed by atoms with Gasteiger partial charge in [0.05, 0.1) is 22.6 Å². The van der Waals surface area contributed by atoms with Crippen LogP contribution in [-0.2, 0) is 10.0 Å². The lowest BCUT2D eigenvalue weighted by molar-refractivity contribution is 0.175. The molecule has 2 aliphatic rings. The van der Waals surface area contributed by atoms with Crippen molar-refractivity contribution in [2.45, 2.75) is 25.5 Å². The van der Waals surface area contributed by atoms with Crippen molar-refractivity contribution in [1.29, 1.82) is 5.26 Å². The lowest BCUT2D eigenvalue weighted by atomic mass is 9.68. The summed E-state index contributed by atoms with van der Waals surface area (Å²) in [7, 11) is -3.26. The molecule has 4 rings (SSSR count). The van der Waals surface area contributed by atoms with Crippen LogP contribution in [0.3, 0.4) is 0 Å². The van der Waals surface area contributed by atoms with Gasteiger partial charge in [-0.05, 0) is 48.3 Å². The van der Waals surface area contributed by atoms with Crippen LogP contribution in [0, 0.1) is 35.0 Å². The molecule has 29 heavy (non-hydrogen) atoms. The average molecular weight is 408 g/mol. The smallest absolute Gasteiger partial charge is 0.215 e. The molecule has 1 N–H and O–H groups in total. The lowest BCUT2D eigenvalue weighted by Gasteiger charge is -2.39. The molecule has 2 aromatic rings. The molecular formula is C23H25N3O2S. The normalized spacial score (nSPS) is 30.7. The van der Waals surface area contributed by atoms with Gasteiger partial charge in [-0.25, -0.2) is 13.1 Å². The molecule has 2 heterocycles. The fourth-order valence-electron chi connectivity index (χ4n) is 4.79. The summed E-state index contributed by atoms with van der Waals surface area (Å²) in [5, 5.41) is 8.94. The van der Waals surface area contributed by atoms with Crippen LogP contribution >= 0.6 is 0 Å². The molecular weight excluding hydrogens is 382 g/mol. The Hall–Kier alpha value is -2.49. The summed E-state index contributed by atoms with van der Waals surface area (Å²) in [6.07, 6.45) is 6.69. The second kappa shape index (κ2) is 7.74. The highest BCUT2D eigenvalue weighted by Crippen LogP contribution is 2.44. The molecule has 1 aromatic heterocycles. The third kappa shape index (κ3) is 3.73. The van der Waals surface area contributed by atoms with Gasteiger partial charge in [0.1, 0.15) is 0 Å². The Balaban J connectivity index is 1.59. The standard InChI is InChI=1S/C23H25N3O2S/c1-15-11-19-14-26-29(27,28)23(19)21(16(15)2)10-9-20-8-7-18(13-25-20)22-6-4-3-5-17(22)12-24/h3-10,13,15-16,19,21,23,26H,11,14H2,1-2H3/b10-9+/t15-,16+,19-,21-,23+/m0/s1. The van der Waals surface area contributed by atoms with E-state index < -0.39 is 10.0 Å². The Morgan fingerprint density at radius 1 is 1.21 bits per heavy atom. The number of benzene rings is 1. The molecule has 5 atom stereocenters. The number of hydrogen-bond donors (Lipinski definition) is 1. The number of hydrogen-bond acceptors (Lipinski definition) is 4. The molecule has 0 radical (unpaired) electrons. The number of nitriles is 1. The van der Waals surface area contributed by atoms with Crippen molar-refractivity contribution in [3.8, 4) is 17.2 Å². The monoisotopic (exact) mass is 407 g/mol. The minimum Gasteiger partial charge on any atom is -0.256 e. The van der Waals surface area contributed by atoms with E-state index in [0.29, 0.717) is 23.9 Å². The molecule has 0 amide bonds. The Kier molecular flexibility index (Phi) is 5.28. The van der Waals surface area contributed by atoms with Crippen LogP contribution in [0.2, 0.25) is 0 Å². The van der Waals surface area contributed by atoms with E-state index in [1.165, 1.54) is 0 Å². The number of allylic oxidation sites excluding steroid dienone is 1. The van der Waals surface area contributed by atoms with E-state index in [0.717, 1.165) is 23.2 Å². The van der Waals surface area contributed by atoms with Gasteiger partial charge >= 0.3 is 0 Å². The van der Waals surface area contributed by atoms with E-state index in [1.807, 2.05) is 42.5 Å². The first-order chi connectivity index (χ1) is 13.9. The number of nitrogens with zero attached hydrogens (tertiary/aromatic N) is 2. The quantitative estimate of drug-likeness (QED) is 0.838. The van der Waals surface area contributed by atoms with E-state index in [-0.39, 0.29) is 17.1 Å². The van der Waals surface area contributed by atoms with E-state index in [2.05, 4.69) is 29.6 Å². The van der Waals surface area contributed by atoms with Crippen molar-refractivity contribution in [2.75, 3.05) is 6.54 Å². The molecule has 0 spiro atoms. The van der Waals surface area contributed by atoms with Crippen LogP contribution in [-0.4, -0.2) is 25.2 Å². The molecule has 1 aliphatic heterocycles. The maximum absolute atomic E-state index is 12.5. The first-order valence-corrected chi connectivity index (χ1v) is 11.6. The van der Waals surface area contributed by atoms with Gasteiger partial charge in [0, 0.05) is 23.9 Å². The van der Waals surface area contributed by atoms with Gasteiger partial charge in [-0.1, -0.05) is 44.2 Å². The Labute approximate surface area is 172 Å². The topological polar surface area (TPSA) is 82.8 Å². The number of pyridine rings is 1. The highest BCUT2D eigenvalue weighted by molar-refractivity contribution is 7.90. The van der Waals surface area contributed by atoms with Gasteiger partial charge < -0.3 is 0 Å². The first-order valence-electron chi connectivity index (χ1n) is 10.0. The largest absolute Gasteiger partial charge is 0.256 e. The minimum atomic E-state index is -3.26. The van der Waals surface area contributed by atoms with Gasteiger partial charge in [0.25, 0.3) is 0 Å². The first kappa shape index (κ1) is 19.8. The summed E-state index contributed by atoms with van der Waals surface area (Å²) >= 11 is 0. The Bertz CT molecular complexity index is 1070.